The van der Waals surface area contributed by atoms with Crippen LogP contribution in [-0.2, 0) is 14.3 Å². The first-order chi connectivity index (χ1) is 14.3. The monoisotopic (exact) mass is 424 g/mol. The first-order valence-electron chi connectivity index (χ1n) is 9.44. The summed E-state index contributed by atoms with van der Waals surface area (Å²) in [5.74, 6) is 0.122. The van der Waals surface area contributed by atoms with Crippen molar-refractivity contribution in [1.82, 2.24) is 0 Å². The molecule has 0 spiro atoms. The van der Waals surface area contributed by atoms with E-state index in [0.717, 1.165) is 28.1 Å². The smallest absolute Gasteiger partial charge is 0.318 e. The van der Waals surface area contributed by atoms with Gasteiger partial charge >= 0.3 is 5.97 Å². The predicted octanol–water partition coefficient (Wildman–Crippen LogP) is 4.35. The molecule has 0 aromatic heterocycles. The highest BCUT2D eigenvalue weighted by atomic mass is 32.2. The number of aliphatic imine (C=N–C) groups is 1. The van der Waals surface area contributed by atoms with Crippen LogP contribution in [0.3, 0.4) is 0 Å². The van der Waals surface area contributed by atoms with Crippen LogP contribution in [-0.4, -0.2) is 36.5 Å². The van der Waals surface area contributed by atoms with E-state index in [2.05, 4.69) is 4.99 Å². The van der Waals surface area contributed by atoms with Gasteiger partial charge < -0.3 is 9.47 Å². The Balaban J connectivity index is 2.01. The summed E-state index contributed by atoms with van der Waals surface area (Å²) in [5.41, 5.74) is 3.93. The van der Waals surface area contributed by atoms with Crippen LogP contribution in [0.4, 0.5) is 5.69 Å². The Hall–Kier alpha value is -3.06. The zero-order chi connectivity index (χ0) is 21.8. The first kappa shape index (κ1) is 21.6. The van der Waals surface area contributed by atoms with E-state index in [1.807, 2.05) is 56.3 Å². The van der Waals surface area contributed by atoms with Crippen molar-refractivity contribution >= 4 is 40.6 Å². The highest BCUT2D eigenvalue weighted by Crippen LogP contribution is 2.32. The number of benzene rings is 2. The molecule has 6 nitrogen and oxygen atoms in total. The Morgan fingerprint density at radius 1 is 1.10 bits per heavy atom. The van der Waals surface area contributed by atoms with Gasteiger partial charge in [0.1, 0.15) is 16.7 Å². The lowest BCUT2D eigenvalue weighted by Gasteiger charge is -2.20. The minimum absolute atomic E-state index is 0.240. The van der Waals surface area contributed by atoms with Gasteiger partial charge in [-0.2, -0.15) is 0 Å². The Morgan fingerprint density at radius 3 is 2.30 bits per heavy atom. The van der Waals surface area contributed by atoms with Crippen molar-refractivity contribution in [2.24, 2.45) is 4.99 Å². The standard InChI is InChI=1S/C23H24N2O4S/c1-14-10-15(2)12-18(11-14)25-21(26)20(13-17-6-8-19(28-4)9-7-17)24-23(25)30-16(3)22(27)29-5/h6-13,16H,1-5H3/b20-13-. The lowest BCUT2D eigenvalue weighted by atomic mass is 10.1. The zero-order valence-corrected chi connectivity index (χ0v) is 18.4. The molecule has 2 aromatic rings. The molecule has 0 N–H and O–H groups in total. The summed E-state index contributed by atoms with van der Waals surface area (Å²) in [6.07, 6.45) is 1.73. The van der Waals surface area contributed by atoms with E-state index in [0.29, 0.717) is 10.9 Å². The van der Waals surface area contributed by atoms with Crippen LogP contribution in [0, 0.1) is 13.8 Å². The van der Waals surface area contributed by atoms with Gasteiger partial charge in [-0.1, -0.05) is 30.0 Å². The van der Waals surface area contributed by atoms with Gasteiger partial charge in [0.25, 0.3) is 5.91 Å². The molecule has 1 heterocycles. The number of rotatable bonds is 5. The molecule has 30 heavy (non-hydrogen) atoms. The maximum absolute atomic E-state index is 13.3. The fraction of sp³-hybridized carbons (Fsp3) is 0.261. The number of hydrogen-bond acceptors (Lipinski definition) is 6. The maximum atomic E-state index is 13.3. The highest BCUT2D eigenvalue weighted by Gasteiger charge is 2.34. The summed E-state index contributed by atoms with van der Waals surface area (Å²) in [4.78, 5) is 31.3. The Bertz CT molecular complexity index is 1010. The Morgan fingerprint density at radius 2 is 1.73 bits per heavy atom. The molecule has 1 atom stereocenters. The van der Waals surface area contributed by atoms with E-state index >= 15 is 0 Å². The van der Waals surface area contributed by atoms with Gasteiger partial charge in [0.2, 0.25) is 0 Å². The lowest BCUT2D eigenvalue weighted by molar-refractivity contribution is -0.139. The number of amides is 1. The number of methoxy groups -OCH3 is 2. The number of anilines is 1. The van der Waals surface area contributed by atoms with Crippen LogP contribution in [0.2, 0.25) is 0 Å². The van der Waals surface area contributed by atoms with Crippen LogP contribution >= 0.6 is 11.8 Å². The Kier molecular flexibility index (Phi) is 6.62. The minimum Gasteiger partial charge on any atom is -0.497 e. The van der Waals surface area contributed by atoms with E-state index in [1.54, 1.807) is 25.0 Å². The summed E-state index contributed by atoms with van der Waals surface area (Å²) in [5, 5.41) is -0.0574. The number of ether oxygens (including phenoxy) is 2. The summed E-state index contributed by atoms with van der Waals surface area (Å²) >= 11 is 1.20. The highest BCUT2D eigenvalue weighted by molar-refractivity contribution is 8.15. The number of aryl methyl sites for hydroxylation is 2. The maximum Gasteiger partial charge on any atom is 0.318 e. The molecular formula is C23H24N2O4S. The number of nitrogens with zero attached hydrogens (tertiary/aromatic N) is 2. The average molecular weight is 425 g/mol. The molecule has 0 saturated carbocycles. The van der Waals surface area contributed by atoms with Crippen molar-refractivity contribution in [3.63, 3.8) is 0 Å². The van der Waals surface area contributed by atoms with Crippen LogP contribution in [0.1, 0.15) is 23.6 Å². The molecule has 3 rings (SSSR count). The molecule has 2 aromatic carbocycles. The van der Waals surface area contributed by atoms with E-state index in [1.165, 1.54) is 18.9 Å². The third-order valence-corrected chi connectivity index (χ3v) is 5.56. The first-order valence-corrected chi connectivity index (χ1v) is 10.3. The van der Waals surface area contributed by atoms with Crippen LogP contribution in [0.15, 0.2) is 53.2 Å². The van der Waals surface area contributed by atoms with Gasteiger partial charge in [-0.25, -0.2) is 4.99 Å². The summed E-state index contributed by atoms with van der Waals surface area (Å²) in [6.45, 7) is 5.69. The summed E-state index contributed by atoms with van der Waals surface area (Å²) in [6, 6.07) is 13.3. The fourth-order valence-electron chi connectivity index (χ4n) is 3.11. The number of esters is 1. The second kappa shape index (κ2) is 9.17. The number of carbonyl (C=O) groups is 2. The second-order valence-electron chi connectivity index (χ2n) is 6.97. The molecule has 1 unspecified atom stereocenters. The van der Waals surface area contributed by atoms with Crippen LogP contribution in [0.5, 0.6) is 5.75 Å². The molecule has 0 saturated heterocycles. The molecule has 0 radical (unpaired) electrons. The number of carbonyl (C=O) groups excluding carboxylic acids is 2. The topological polar surface area (TPSA) is 68.2 Å². The number of hydrogen-bond donors (Lipinski definition) is 0. The van der Waals surface area contributed by atoms with Gasteiger partial charge in [0.15, 0.2) is 5.17 Å². The third kappa shape index (κ3) is 4.74. The van der Waals surface area contributed by atoms with Crippen LogP contribution in [0.25, 0.3) is 6.08 Å². The van der Waals surface area contributed by atoms with Crippen LogP contribution < -0.4 is 9.64 Å². The third-order valence-electron chi connectivity index (χ3n) is 4.53. The molecule has 0 fully saturated rings. The molecule has 7 heteroatoms. The largest absolute Gasteiger partial charge is 0.497 e. The molecule has 1 amide bonds. The Labute approximate surface area is 180 Å². The van der Waals surface area contributed by atoms with Gasteiger partial charge in [-0.15, -0.1) is 0 Å². The normalized spacial score (nSPS) is 15.9. The zero-order valence-electron chi connectivity index (χ0n) is 17.6. The van der Waals surface area contributed by atoms with Gasteiger partial charge in [0, 0.05) is 0 Å². The number of thioether (sulfide) groups is 1. The second-order valence-corrected chi connectivity index (χ2v) is 8.27. The summed E-state index contributed by atoms with van der Waals surface area (Å²) < 4.78 is 10.0. The van der Waals surface area contributed by atoms with E-state index in [-0.39, 0.29) is 11.9 Å². The van der Waals surface area contributed by atoms with Crippen molar-refractivity contribution in [3.05, 3.63) is 64.9 Å². The van der Waals surface area contributed by atoms with Crippen molar-refractivity contribution in [1.29, 1.82) is 0 Å². The minimum atomic E-state index is -0.504. The van der Waals surface area contributed by atoms with E-state index in [4.69, 9.17) is 9.47 Å². The van der Waals surface area contributed by atoms with Crippen molar-refractivity contribution in [3.8, 4) is 5.75 Å². The molecule has 0 bridgehead atoms. The lowest BCUT2D eigenvalue weighted by Crippen LogP contribution is -2.32. The van der Waals surface area contributed by atoms with Gasteiger partial charge in [-0.05, 0) is 67.8 Å². The molecule has 156 valence electrons. The van der Waals surface area contributed by atoms with Gasteiger partial charge in [0.05, 0.1) is 19.9 Å². The molecule has 1 aliphatic heterocycles. The molecular weight excluding hydrogens is 400 g/mol. The number of amidine groups is 1. The predicted molar refractivity (Wildman–Crippen MR) is 121 cm³/mol. The molecule has 0 aliphatic carbocycles. The van der Waals surface area contributed by atoms with Crippen molar-refractivity contribution in [2.45, 2.75) is 26.0 Å². The molecule has 1 aliphatic rings. The van der Waals surface area contributed by atoms with Crippen molar-refractivity contribution in [2.75, 3.05) is 19.1 Å². The summed E-state index contributed by atoms with van der Waals surface area (Å²) in [7, 11) is 2.95. The van der Waals surface area contributed by atoms with Crippen molar-refractivity contribution < 1.29 is 19.1 Å². The fourth-order valence-corrected chi connectivity index (χ4v) is 4.07. The van der Waals surface area contributed by atoms with Gasteiger partial charge in [-0.3, -0.25) is 14.5 Å². The average Bonchev–Trinajstić information content (AvgIpc) is 3.01. The SMILES string of the molecule is COC(=O)C(C)SC1=N/C(=C\c2ccc(OC)cc2)C(=O)N1c1cc(C)cc(C)c1. The van der Waals surface area contributed by atoms with E-state index < -0.39 is 5.25 Å². The quantitative estimate of drug-likeness (QED) is 0.527. The van der Waals surface area contributed by atoms with E-state index in [9.17, 15) is 9.59 Å².